The minimum absolute atomic E-state index is 0. The van der Waals surface area contributed by atoms with E-state index < -0.39 is 0 Å². The van der Waals surface area contributed by atoms with E-state index in [0.29, 0.717) is 6.54 Å². The van der Waals surface area contributed by atoms with Gasteiger partial charge < -0.3 is 20.3 Å². The molecule has 1 fully saturated rings. The number of guanidine groups is 1. The minimum Gasteiger partial charge on any atom is -0.375 e. The van der Waals surface area contributed by atoms with Crippen LogP contribution in [0.4, 0.5) is 5.82 Å². The number of aromatic nitrogens is 2. The van der Waals surface area contributed by atoms with Crippen LogP contribution >= 0.6 is 24.0 Å². The quantitative estimate of drug-likeness (QED) is 0.363. The summed E-state index contributed by atoms with van der Waals surface area (Å²) in [7, 11) is 1.78. The van der Waals surface area contributed by atoms with Crippen molar-refractivity contribution >= 4 is 35.8 Å². The highest BCUT2D eigenvalue weighted by atomic mass is 127. The van der Waals surface area contributed by atoms with Gasteiger partial charge in [-0.1, -0.05) is 6.07 Å². The van der Waals surface area contributed by atoms with Crippen LogP contribution in [-0.2, 0) is 17.7 Å². The summed E-state index contributed by atoms with van der Waals surface area (Å²) in [5.74, 6) is 1.78. The standard InChI is InChI=1S/C20H28N6O.HI/c1-16-15-26(11-12-27-16)19-13-17(6-9-23-19)14-25-20(21-2)24-10-7-18-5-3-4-8-22-18;/h3-6,8-9,13,16H,7,10-12,14-15H2,1-2H3,(H2,21,24,25);1H. The normalized spacial score (nSPS) is 17.0. The molecule has 0 bridgehead atoms. The van der Waals surface area contributed by atoms with E-state index in [0.717, 1.165) is 50.1 Å². The van der Waals surface area contributed by atoms with Gasteiger partial charge in [0.15, 0.2) is 5.96 Å². The smallest absolute Gasteiger partial charge is 0.191 e. The van der Waals surface area contributed by atoms with E-state index in [1.165, 1.54) is 5.56 Å². The number of nitrogens with zero attached hydrogens (tertiary/aromatic N) is 4. The molecule has 1 saturated heterocycles. The van der Waals surface area contributed by atoms with Gasteiger partial charge in [-0.05, 0) is 36.8 Å². The van der Waals surface area contributed by atoms with E-state index in [-0.39, 0.29) is 30.1 Å². The Bertz CT molecular complexity index is 742. The van der Waals surface area contributed by atoms with Gasteiger partial charge in [0.25, 0.3) is 0 Å². The first-order chi connectivity index (χ1) is 13.2. The first-order valence-corrected chi connectivity index (χ1v) is 9.40. The van der Waals surface area contributed by atoms with Gasteiger partial charge in [0.2, 0.25) is 0 Å². The zero-order valence-corrected chi connectivity index (χ0v) is 18.8. The number of rotatable bonds is 6. The maximum atomic E-state index is 5.61. The molecule has 1 aliphatic rings. The molecule has 7 nitrogen and oxygen atoms in total. The Morgan fingerprint density at radius 3 is 2.89 bits per heavy atom. The first-order valence-electron chi connectivity index (χ1n) is 9.40. The second kappa shape index (κ2) is 11.8. The molecule has 0 aliphatic carbocycles. The monoisotopic (exact) mass is 496 g/mol. The topological polar surface area (TPSA) is 74.7 Å². The highest BCUT2D eigenvalue weighted by molar-refractivity contribution is 14.0. The fraction of sp³-hybridized carbons (Fsp3) is 0.450. The number of ether oxygens (including phenoxy) is 1. The number of nitrogens with one attached hydrogen (secondary N) is 2. The predicted octanol–water partition coefficient (Wildman–Crippen LogP) is 2.23. The van der Waals surface area contributed by atoms with Gasteiger partial charge in [0, 0.05) is 57.7 Å². The number of hydrogen-bond donors (Lipinski definition) is 2. The second-order valence-electron chi connectivity index (χ2n) is 6.57. The molecule has 1 aliphatic heterocycles. The number of morpholine rings is 1. The van der Waals surface area contributed by atoms with E-state index >= 15 is 0 Å². The third-order valence-electron chi connectivity index (χ3n) is 4.46. The van der Waals surface area contributed by atoms with Crippen LogP contribution in [0.3, 0.4) is 0 Å². The maximum Gasteiger partial charge on any atom is 0.191 e. The van der Waals surface area contributed by atoms with Crippen LogP contribution in [0.2, 0.25) is 0 Å². The van der Waals surface area contributed by atoms with Gasteiger partial charge in [-0.3, -0.25) is 9.98 Å². The van der Waals surface area contributed by atoms with Gasteiger partial charge in [-0.2, -0.15) is 0 Å². The van der Waals surface area contributed by atoms with Crippen LogP contribution in [0.1, 0.15) is 18.2 Å². The fourth-order valence-electron chi connectivity index (χ4n) is 3.03. The molecule has 152 valence electrons. The molecule has 3 rings (SSSR count). The number of hydrogen-bond acceptors (Lipinski definition) is 5. The number of halogens is 1. The van der Waals surface area contributed by atoms with Crippen molar-refractivity contribution in [2.45, 2.75) is 26.0 Å². The van der Waals surface area contributed by atoms with Gasteiger partial charge in [-0.25, -0.2) is 4.98 Å². The van der Waals surface area contributed by atoms with E-state index in [2.05, 4.69) is 43.5 Å². The van der Waals surface area contributed by atoms with Crippen LogP contribution in [0.5, 0.6) is 0 Å². The maximum absolute atomic E-state index is 5.61. The Labute approximate surface area is 184 Å². The molecule has 1 atom stereocenters. The first kappa shape index (κ1) is 22.4. The Morgan fingerprint density at radius 2 is 2.14 bits per heavy atom. The average molecular weight is 496 g/mol. The van der Waals surface area contributed by atoms with Crippen molar-refractivity contribution in [3.63, 3.8) is 0 Å². The summed E-state index contributed by atoms with van der Waals surface area (Å²) in [4.78, 5) is 15.4. The van der Waals surface area contributed by atoms with Crippen molar-refractivity contribution in [3.05, 3.63) is 54.0 Å². The lowest BCUT2D eigenvalue weighted by Crippen LogP contribution is -2.41. The predicted molar refractivity (Wildman–Crippen MR) is 123 cm³/mol. The summed E-state index contributed by atoms with van der Waals surface area (Å²) in [5, 5.41) is 6.69. The van der Waals surface area contributed by atoms with E-state index in [1.807, 2.05) is 36.7 Å². The SMILES string of the molecule is CN=C(NCCc1ccccn1)NCc1ccnc(N2CCOC(C)C2)c1.I. The molecule has 0 aromatic carbocycles. The van der Waals surface area contributed by atoms with Crippen molar-refractivity contribution in [1.82, 2.24) is 20.6 Å². The lowest BCUT2D eigenvalue weighted by molar-refractivity contribution is 0.0529. The molecule has 2 aromatic heterocycles. The Balaban J connectivity index is 0.00000280. The third kappa shape index (κ3) is 6.90. The van der Waals surface area contributed by atoms with E-state index in [1.54, 1.807) is 7.05 Å². The fourth-order valence-corrected chi connectivity index (χ4v) is 3.03. The lowest BCUT2D eigenvalue weighted by Gasteiger charge is -2.32. The Morgan fingerprint density at radius 1 is 1.25 bits per heavy atom. The molecule has 0 saturated carbocycles. The molecular formula is C20H29IN6O. The molecule has 0 amide bonds. The number of pyridine rings is 2. The highest BCUT2D eigenvalue weighted by Crippen LogP contribution is 2.16. The van der Waals surface area contributed by atoms with E-state index in [9.17, 15) is 0 Å². The molecule has 0 spiro atoms. The third-order valence-corrected chi connectivity index (χ3v) is 4.46. The Hall–Kier alpha value is -1.94. The molecule has 0 radical (unpaired) electrons. The Kier molecular flexibility index (Phi) is 9.42. The molecule has 28 heavy (non-hydrogen) atoms. The molecule has 2 N–H and O–H groups in total. The van der Waals surface area contributed by atoms with Crippen molar-refractivity contribution in [2.75, 3.05) is 38.2 Å². The van der Waals surface area contributed by atoms with Crippen molar-refractivity contribution < 1.29 is 4.74 Å². The van der Waals surface area contributed by atoms with Crippen LogP contribution in [0.25, 0.3) is 0 Å². The largest absolute Gasteiger partial charge is 0.375 e. The molecule has 1 unspecified atom stereocenters. The van der Waals surface area contributed by atoms with Crippen LogP contribution < -0.4 is 15.5 Å². The van der Waals surface area contributed by atoms with Gasteiger partial charge in [-0.15, -0.1) is 24.0 Å². The summed E-state index contributed by atoms with van der Waals surface area (Å²) < 4.78 is 5.61. The van der Waals surface area contributed by atoms with Gasteiger partial charge in [0.1, 0.15) is 5.82 Å². The van der Waals surface area contributed by atoms with Crippen molar-refractivity contribution in [2.24, 2.45) is 4.99 Å². The van der Waals surface area contributed by atoms with E-state index in [4.69, 9.17) is 4.74 Å². The summed E-state index contributed by atoms with van der Waals surface area (Å²) in [6.07, 6.45) is 4.78. The van der Waals surface area contributed by atoms with Gasteiger partial charge in [0.05, 0.1) is 12.7 Å². The average Bonchev–Trinajstić information content (AvgIpc) is 2.71. The number of aliphatic imine (C=N–C) groups is 1. The number of anilines is 1. The zero-order chi connectivity index (χ0) is 18.9. The van der Waals surface area contributed by atoms with Gasteiger partial charge >= 0.3 is 0 Å². The van der Waals surface area contributed by atoms with Crippen LogP contribution in [-0.4, -0.2) is 55.3 Å². The molecular weight excluding hydrogens is 467 g/mol. The molecule has 8 heteroatoms. The summed E-state index contributed by atoms with van der Waals surface area (Å²) in [6.45, 7) is 6.07. The summed E-state index contributed by atoms with van der Waals surface area (Å²) >= 11 is 0. The summed E-state index contributed by atoms with van der Waals surface area (Å²) in [6, 6.07) is 10.1. The highest BCUT2D eigenvalue weighted by Gasteiger charge is 2.18. The lowest BCUT2D eigenvalue weighted by atomic mass is 10.2. The molecule has 2 aromatic rings. The van der Waals surface area contributed by atoms with Crippen molar-refractivity contribution in [3.8, 4) is 0 Å². The van der Waals surface area contributed by atoms with Crippen molar-refractivity contribution in [1.29, 1.82) is 0 Å². The zero-order valence-electron chi connectivity index (χ0n) is 16.5. The second-order valence-corrected chi connectivity index (χ2v) is 6.57. The van der Waals surface area contributed by atoms with Crippen LogP contribution in [0, 0.1) is 0 Å². The summed E-state index contributed by atoms with van der Waals surface area (Å²) in [5.41, 5.74) is 2.24. The molecule has 3 heterocycles. The minimum atomic E-state index is 0. The van der Waals surface area contributed by atoms with Crippen LogP contribution in [0.15, 0.2) is 47.7 Å².